The van der Waals surface area contributed by atoms with Gasteiger partial charge in [-0.05, 0) is 49.7 Å². The molecule has 0 aromatic heterocycles. The Hall–Kier alpha value is -3.17. The fourth-order valence-corrected chi connectivity index (χ4v) is 6.24. The minimum atomic E-state index is -1.34. The molecule has 1 aliphatic rings. The third-order valence-corrected chi connectivity index (χ3v) is 7.85. The molecule has 0 bridgehead atoms. The Labute approximate surface area is 251 Å². The van der Waals surface area contributed by atoms with Crippen LogP contribution in [0.1, 0.15) is 39.3 Å². The topological polar surface area (TPSA) is 20.2 Å². The summed E-state index contributed by atoms with van der Waals surface area (Å²) in [6, 6.07) is 50.4. The van der Waals surface area contributed by atoms with Crippen molar-refractivity contribution in [3.8, 4) is 11.1 Å². The second kappa shape index (κ2) is 11.7. The van der Waals surface area contributed by atoms with Gasteiger partial charge in [0.25, 0.3) is 0 Å². The van der Waals surface area contributed by atoms with E-state index in [2.05, 4.69) is 84.9 Å². The molecule has 0 amide bonds. The monoisotopic (exact) mass is 592 g/mol. The maximum atomic E-state index is 13.1. The van der Waals surface area contributed by atoms with Crippen LogP contribution >= 0.6 is 18.6 Å². The van der Waals surface area contributed by atoms with E-state index in [4.69, 9.17) is 18.6 Å². The molecule has 0 unspecified atom stereocenters. The molecule has 7 rings (SSSR count). The molecule has 0 radical (unpaired) electrons. The van der Waals surface area contributed by atoms with Gasteiger partial charge in [0.1, 0.15) is 5.60 Å². The summed E-state index contributed by atoms with van der Waals surface area (Å²) in [6.45, 7) is 0. The summed E-state index contributed by atoms with van der Waals surface area (Å²) in [7, 11) is 9.78. The van der Waals surface area contributed by atoms with Crippen molar-refractivity contribution in [2.75, 3.05) is 0 Å². The van der Waals surface area contributed by atoms with Gasteiger partial charge in [0, 0.05) is 11.5 Å². The molecule has 1 N–H and O–H groups in total. The molecule has 6 aromatic rings. The molecule has 0 saturated carbocycles. The Morgan fingerprint density at radius 3 is 1.50 bits per heavy atom. The van der Waals surface area contributed by atoms with Crippen molar-refractivity contribution >= 4 is 29.4 Å². The average molecular weight is 593 g/mol. The number of fused-ring (bicyclic) bond motifs is 4. The van der Waals surface area contributed by atoms with Crippen molar-refractivity contribution in [1.29, 1.82) is 0 Å². The summed E-state index contributed by atoms with van der Waals surface area (Å²) < 4.78 is 0. The first-order valence-electron chi connectivity index (χ1n) is 13.2. The zero-order valence-electron chi connectivity index (χ0n) is 21.6. The second-order valence-electron chi connectivity index (χ2n) is 9.87. The first kappa shape index (κ1) is 27.0. The molecule has 4 heteroatoms. The zero-order valence-corrected chi connectivity index (χ0v) is 24.7. The van der Waals surface area contributed by atoms with E-state index >= 15 is 0 Å². The molecule has 1 nitrogen and oxygen atoms in total. The second-order valence-corrected chi connectivity index (χ2v) is 12.5. The number of hydrogen-bond acceptors (Lipinski definition) is 1. The van der Waals surface area contributed by atoms with E-state index < -0.39 is 22.6 Å². The molecule has 0 spiro atoms. The Balaban J connectivity index is 0.000000925. The van der Waals surface area contributed by atoms with Gasteiger partial charge in [-0.3, -0.25) is 0 Å². The van der Waals surface area contributed by atoms with Crippen LogP contribution < -0.4 is 0 Å². The number of aliphatic hydroxyl groups is 1. The number of rotatable bonds is 4. The quantitative estimate of drug-likeness (QED) is 0.159. The number of halogens is 2. The molecule has 40 heavy (non-hydrogen) atoms. The van der Waals surface area contributed by atoms with Crippen molar-refractivity contribution in [1.82, 2.24) is 0 Å². The zero-order chi connectivity index (χ0) is 27.5. The Kier molecular flexibility index (Phi) is 7.94. The SMILES string of the molecule is OC(c1ccccc1)(c1ccccc1)c1c(C2c3ccccc3-c3ccccc32)ccc2ccccc12.[Cl][Ti][Cl]. The fourth-order valence-electron chi connectivity index (χ4n) is 6.24. The van der Waals surface area contributed by atoms with Crippen LogP contribution in [0.5, 0.6) is 0 Å². The molecule has 0 fully saturated rings. The van der Waals surface area contributed by atoms with E-state index in [1.807, 2.05) is 60.7 Å². The van der Waals surface area contributed by atoms with Gasteiger partial charge in [-0.15, -0.1) is 0 Å². The molecule has 6 aromatic carbocycles. The van der Waals surface area contributed by atoms with Crippen LogP contribution in [-0.4, -0.2) is 5.11 Å². The molecule has 194 valence electrons. The molecule has 0 aliphatic heterocycles. The van der Waals surface area contributed by atoms with E-state index in [1.54, 1.807) is 0 Å². The summed E-state index contributed by atoms with van der Waals surface area (Å²) >= 11 is -0.556. The van der Waals surface area contributed by atoms with Crippen LogP contribution in [0.2, 0.25) is 0 Å². The van der Waals surface area contributed by atoms with E-state index in [0.717, 1.165) is 33.0 Å². The molecule has 0 saturated heterocycles. The van der Waals surface area contributed by atoms with E-state index in [0.29, 0.717) is 0 Å². The average Bonchev–Trinajstić information content (AvgIpc) is 3.36. The van der Waals surface area contributed by atoms with Crippen molar-refractivity contribution in [3.63, 3.8) is 0 Å². The Morgan fingerprint density at radius 1 is 0.500 bits per heavy atom. The number of benzene rings is 6. The normalized spacial score (nSPS) is 12.3. The van der Waals surface area contributed by atoms with E-state index in [9.17, 15) is 5.11 Å². The molecule has 0 heterocycles. The fraction of sp³-hybridized carbons (Fsp3) is 0.0556. The third kappa shape index (κ3) is 4.63. The summed E-state index contributed by atoms with van der Waals surface area (Å²) in [5.74, 6) is 0.0194. The minimum absolute atomic E-state index is 0.0194. The van der Waals surface area contributed by atoms with E-state index in [1.165, 1.54) is 22.3 Å². The van der Waals surface area contributed by atoms with Crippen LogP contribution in [-0.2, 0) is 22.6 Å². The predicted molar refractivity (Wildman–Crippen MR) is 163 cm³/mol. The van der Waals surface area contributed by atoms with Crippen molar-refractivity contribution in [2.24, 2.45) is 0 Å². The molecule has 1 aliphatic carbocycles. The van der Waals surface area contributed by atoms with Gasteiger partial charge in [0.2, 0.25) is 0 Å². The van der Waals surface area contributed by atoms with Gasteiger partial charge in [-0.2, -0.15) is 0 Å². The van der Waals surface area contributed by atoms with Gasteiger partial charge in [0.15, 0.2) is 0 Å². The van der Waals surface area contributed by atoms with Gasteiger partial charge in [-0.1, -0.05) is 146 Å². The van der Waals surface area contributed by atoms with Crippen LogP contribution in [0.4, 0.5) is 0 Å². The van der Waals surface area contributed by atoms with Crippen LogP contribution in [0, 0.1) is 0 Å². The van der Waals surface area contributed by atoms with Gasteiger partial charge in [-0.25, -0.2) is 0 Å². The van der Waals surface area contributed by atoms with Crippen molar-refractivity contribution in [2.45, 2.75) is 11.5 Å². The summed E-state index contributed by atoms with van der Waals surface area (Å²) in [5, 5.41) is 15.2. The van der Waals surface area contributed by atoms with Gasteiger partial charge >= 0.3 is 35.6 Å². The van der Waals surface area contributed by atoms with Crippen molar-refractivity contribution in [3.05, 3.63) is 179 Å². The summed E-state index contributed by atoms with van der Waals surface area (Å²) in [6.07, 6.45) is 0. The predicted octanol–water partition coefficient (Wildman–Crippen LogP) is 9.66. The third-order valence-electron chi connectivity index (χ3n) is 7.85. The molecular formula is C36H26Cl2OTi. The maximum absolute atomic E-state index is 13.1. The van der Waals surface area contributed by atoms with Crippen LogP contribution in [0.15, 0.2) is 146 Å². The number of hydrogen-bond donors (Lipinski definition) is 1. The van der Waals surface area contributed by atoms with E-state index in [-0.39, 0.29) is 5.92 Å². The van der Waals surface area contributed by atoms with Gasteiger partial charge < -0.3 is 5.11 Å². The summed E-state index contributed by atoms with van der Waals surface area (Å²) in [5.41, 5.74) is 7.55. The first-order valence-corrected chi connectivity index (χ1v) is 17.5. The standard InChI is InChI=1S/C36H26O.2ClH.Ti/c37-36(26-14-3-1-4-15-26,27-16-5-2-6-17-27)35-28-18-8-7-13-25(28)23-24-33(35)34-31-21-11-9-19-29(31)30-20-10-12-22-32(30)34;;;/h1-24,34,37H;2*1H;/q;;;+2/p-2. The van der Waals surface area contributed by atoms with Crippen LogP contribution in [0.3, 0.4) is 0 Å². The summed E-state index contributed by atoms with van der Waals surface area (Å²) in [4.78, 5) is 0. The van der Waals surface area contributed by atoms with Crippen molar-refractivity contribution < 1.29 is 22.1 Å². The van der Waals surface area contributed by atoms with Crippen LogP contribution in [0.25, 0.3) is 21.9 Å². The first-order chi connectivity index (χ1) is 19.7. The van der Waals surface area contributed by atoms with Gasteiger partial charge in [0.05, 0.1) is 0 Å². The Bertz CT molecular complexity index is 1680. The Morgan fingerprint density at radius 2 is 0.950 bits per heavy atom. The molecular weight excluding hydrogens is 567 g/mol. The molecule has 0 atom stereocenters.